The number of fused-ring (bicyclic) bond motifs is 2. The zero-order valence-corrected chi connectivity index (χ0v) is 38.4. The van der Waals surface area contributed by atoms with E-state index in [9.17, 15) is 23.1 Å². The van der Waals surface area contributed by atoms with Crippen LogP contribution in [-0.2, 0) is 45.6 Å². The summed E-state index contributed by atoms with van der Waals surface area (Å²) < 4.78 is 49.1. The number of carbonyl (C=O) groups excluding carboxylic acids is 1. The van der Waals surface area contributed by atoms with Crippen LogP contribution in [-0.4, -0.2) is 53.4 Å². The highest BCUT2D eigenvalue weighted by molar-refractivity contribution is 7.89. The normalized spacial score (nSPS) is 16.0. The Bertz CT molecular complexity index is 3140. The van der Waals surface area contributed by atoms with Crippen LogP contribution in [0.25, 0.3) is 22.4 Å². The number of nitriles is 1. The number of anilines is 1. The molecule has 0 bridgehead atoms. The summed E-state index contributed by atoms with van der Waals surface area (Å²) in [7, 11) is -4.38. The molecule has 13 nitrogen and oxygen atoms in total. The van der Waals surface area contributed by atoms with Crippen LogP contribution in [0, 0.1) is 11.3 Å². The number of carbonyl (C=O) groups is 2. The Hall–Kier alpha value is -6.93. The summed E-state index contributed by atoms with van der Waals surface area (Å²) in [5.74, 6) is -0.595. The fourth-order valence-electron chi connectivity index (χ4n) is 7.97. The quantitative estimate of drug-likeness (QED) is 0.0997. The Labute approximate surface area is 400 Å². The van der Waals surface area contributed by atoms with Crippen molar-refractivity contribution in [1.82, 2.24) is 14.6 Å². The maximum Gasteiger partial charge on any atom is 0.326 e. The molecule has 17 heteroatoms. The van der Waals surface area contributed by atoms with E-state index in [0.717, 1.165) is 26.6 Å². The van der Waals surface area contributed by atoms with E-state index in [1.807, 2.05) is 54.6 Å². The van der Waals surface area contributed by atoms with Crippen LogP contribution in [0.5, 0.6) is 17.2 Å². The van der Waals surface area contributed by atoms with Gasteiger partial charge in [-0.3, -0.25) is 4.79 Å². The molecule has 0 fully saturated rings. The molecule has 7 aromatic rings. The number of halogens is 2. The number of nitrogen functional groups attached to an aromatic ring is 1. The van der Waals surface area contributed by atoms with Gasteiger partial charge in [-0.05, 0) is 106 Å². The van der Waals surface area contributed by atoms with Gasteiger partial charge in [0.15, 0.2) is 22.7 Å². The number of nitrogens with zero attached hydrogens (tertiary/aromatic N) is 3. The lowest BCUT2D eigenvalue weighted by molar-refractivity contribution is -0.142. The minimum Gasteiger partial charge on any atom is -0.489 e. The topological polar surface area (TPSA) is 194 Å². The molecular formula is C50H39Cl2N5O8S2. The molecule has 6 aromatic carbocycles. The summed E-state index contributed by atoms with van der Waals surface area (Å²) in [5.41, 5.74) is 12.9. The van der Waals surface area contributed by atoms with E-state index in [2.05, 4.69) is 16.4 Å². The first-order valence-corrected chi connectivity index (χ1v) is 24.0. The molecular weight excluding hydrogens is 934 g/mol. The first kappa shape index (κ1) is 45.2. The number of aliphatic carboxylic acids is 1. The van der Waals surface area contributed by atoms with Crippen molar-refractivity contribution in [2.45, 2.75) is 49.1 Å². The van der Waals surface area contributed by atoms with Crippen molar-refractivity contribution in [3.8, 4) is 45.7 Å². The molecule has 0 spiro atoms. The zero-order valence-electron chi connectivity index (χ0n) is 35.3. The fraction of sp³-hybridized carbons (Fsp3) is 0.160. The number of thiazole rings is 1. The van der Waals surface area contributed by atoms with Gasteiger partial charge in [0, 0.05) is 23.9 Å². The molecule has 67 heavy (non-hydrogen) atoms. The summed E-state index contributed by atoms with van der Waals surface area (Å²) in [6, 6.07) is 36.0. The second-order valence-electron chi connectivity index (χ2n) is 15.9. The van der Waals surface area contributed by atoms with E-state index in [0.29, 0.717) is 65.9 Å². The molecule has 0 radical (unpaired) electrons. The predicted molar refractivity (Wildman–Crippen MR) is 255 cm³/mol. The third-order valence-corrected chi connectivity index (χ3v) is 14.9. The number of benzene rings is 6. The van der Waals surface area contributed by atoms with E-state index in [1.54, 1.807) is 66.0 Å². The van der Waals surface area contributed by atoms with Gasteiger partial charge in [0.25, 0.3) is 0 Å². The van der Waals surface area contributed by atoms with Crippen molar-refractivity contribution in [3.63, 3.8) is 0 Å². The number of sulfonamides is 1. The molecule has 2 aliphatic heterocycles. The largest absolute Gasteiger partial charge is 0.489 e. The number of amides is 1. The van der Waals surface area contributed by atoms with Gasteiger partial charge in [-0.1, -0.05) is 89.9 Å². The van der Waals surface area contributed by atoms with Crippen LogP contribution in [0.1, 0.15) is 39.5 Å². The van der Waals surface area contributed by atoms with Crippen LogP contribution in [0.15, 0.2) is 138 Å². The Morgan fingerprint density at radius 1 is 0.881 bits per heavy atom. The molecule has 0 saturated heterocycles. The van der Waals surface area contributed by atoms with Crippen LogP contribution in [0.4, 0.5) is 5.13 Å². The number of nitrogens with one attached hydrogen (secondary N) is 1. The lowest BCUT2D eigenvalue weighted by Gasteiger charge is -2.37. The molecule has 3 heterocycles. The summed E-state index contributed by atoms with van der Waals surface area (Å²) in [6.45, 7) is 0.247. The molecule has 9 rings (SSSR count). The summed E-state index contributed by atoms with van der Waals surface area (Å²) >= 11 is 13.5. The lowest BCUT2D eigenvalue weighted by Crippen LogP contribution is -2.55. The minimum absolute atomic E-state index is 0.0677. The van der Waals surface area contributed by atoms with Gasteiger partial charge in [-0.25, -0.2) is 18.2 Å². The second kappa shape index (κ2) is 19.1. The highest BCUT2D eigenvalue weighted by atomic mass is 35.5. The first-order valence-electron chi connectivity index (χ1n) is 20.9. The number of carboxylic acid groups (broad SMARTS) is 1. The summed E-state index contributed by atoms with van der Waals surface area (Å²) in [4.78, 5) is 31.3. The van der Waals surface area contributed by atoms with E-state index >= 15 is 0 Å². The fourth-order valence-corrected chi connectivity index (χ4v) is 10.4. The molecule has 1 amide bonds. The van der Waals surface area contributed by atoms with Crippen LogP contribution in [0.2, 0.25) is 10.0 Å². The number of hydrogen-bond acceptors (Lipinski definition) is 11. The van der Waals surface area contributed by atoms with Crippen LogP contribution < -0.4 is 25.3 Å². The Morgan fingerprint density at radius 3 is 2.21 bits per heavy atom. The summed E-state index contributed by atoms with van der Waals surface area (Å²) in [5, 5.41) is 25.2. The molecule has 3 atom stereocenters. The van der Waals surface area contributed by atoms with Gasteiger partial charge in [0.05, 0.1) is 32.3 Å². The van der Waals surface area contributed by atoms with Gasteiger partial charge in [-0.2, -0.15) is 9.57 Å². The van der Waals surface area contributed by atoms with Crippen molar-refractivity contribution in [2.24, 2.45) is 0 Å². The number of carboxylic acids is 1. The van der Waals surface area contributed by atoms with Gasteiger partial charge in [0.1, 0.15) is 31.0 Å². The lowest BCUT2D eigenvalue weighted by atomic mass is 9.93. The Balaban J connectivity index is 0.953. The number of hydrogen-bond donors (Lipinski definition) is 3. The maximum atomic E-state index is 14.7. The monoisotopic (exact) mass is 971 g/mol. The van der Waals surface area contributed by atoms with Crippen molar-refractivity contribution in [1.29, 1.82) is 5.26 Å². The first-order chi connectivity index (χ1) is 32.3. The predicted octanol–water partition coefficient (Wildman–Crippen LogP) is 9.26. The molecule has 2 aliphatic rings. The van der Waals surface area contributed by atoms with Crippen molar-refractivity contribution in [3.05, 3.63) is 176 Å². The molecule has 1 unspecified atom stereocenters. The Kier molecular flexibility index (Phi) is 12.9. The second-order valence-corrected chi connectivity index (χ2v) is 19.5. The van der Waals surface area contributed by atoms with Crippen LogP contribution in [0.3, 0.4) is 0 Å². The van der Waals surface area contributed by atoms with Crippen molar-refractivity contribution < 1.29 is 37.3 Å². The Morgan fingerprint density at radius 2 is 1.55 bits per heavy atom. The highest BCUT2D eigenvalue weighted by Gasteiger charge is 2.42. The standard InChI is InChI=1S/C50H39Cl2N5O8S2/c51-40-18-5-31(19-41(40)52)26-63-38-14-10-35(11-15-38)47-27-64-45-22-36-21-44(48(58)55-42(49(59)60)20-29-1-6-32(7-2-29)33-8-3-30(24-53)4-9-33)57(25-37(36)23-46(45)65-47)67(61,62)39-16-12-34(13-17-39)43-28-66-50(54)56-43/h1-19,22-23,28,42,44,47H,20-21,25-27H2,(H2,54,56)(H,55,58)(H,59,60)/t42-,44-,47?/m0/s1. The molecule has 338 valence electrons. The number of aromatic nitrogens is 1. The highest BCUT2D eigenvalue weighted by Crippen LogP contribution is 2.42. The van der Waals surface area contributed by atoms with E-state index < -0.39 is 40.1 Å². The van der Waals surface area contributed by atoms with E-state index in [-0.39, 0.29) is 37.5 Å². The van der Waals surface area contributed by atoms with Gasteiger partial charge >= 0.3 is 5.97 Å². The summed E-state index contributed by atoms with van der Waals surface area (Å²) in [6.07, 6.45) is -0.642. The average Bonchev–Trinajstić information content (AvgIpc) is 3.79. The molecule has 1 aromatic heterocycles. The molecule has 0 saturated carbocycles. The molecule has 4 N–H and O–H groups in total. The number of rotatable bonds is 13. The zero-order chi connectivity index (χ0) is 46.8. The van der Waals surface area contributed by atoms with E-state index in [4.69, 9.17) is 48.4 Å². The number of nitrogens with two attached hydrogens (primary N) is 1. The third kappa shape index (κ3) is 9.95. The smallest absolute Gasteiger partial charge is 0.326 e. The van der Waals surface area contributed by atoms with Crippen LogP contribution >= 0.6 is 34.5 Å². The minimum atomic E-state index is -4.38. The van der Waals surface area contributed by atoms with Crippen molar-refractivity contribution in [2.75, 3.05) is 12.3 Å². The maximum absolute atomic E-state index is 14.7. The van der Waals surface area contributed by atoms with Gasteiger partial charge in [-0.15, -0.1) is 11.3 Å². The average molecular weight is 973 g/mol. The van der Waals surface area contributed by atoms with E-state index in [1.165, 1.54) is 23.5 Å². The van der Waals surface area contributed by atoms with Gasteiger partial charge in [0.2, 0.25) is 15.9 Å². The molecule has 0 aliphatic carbocycles. The third-order valence-electron chi connectivity index (χ3n) is 11.6. The van der Waals surface area contributed by atoms with Gasteiger partial charge < -0.3 is 30.4 Å². The number of ether oxygens (including phenoxy) is 3. The SMILES string of the molecule is N#Cc1ccc(-c2ccc(C[C@H](NC(=O)[C@@H]3Cc4cc5c(cc4CN3S(=O)(=O)c3ccc(-c4csc(N)n4)cc3)OC(c3ccc(OCc4ccc(Cl)c(Cl)c4)cc3)CO5)C(=O)O)cc2)cc1. The van der Waals surface area contributed by atoms with Crippen molar-refractivity contribution >= 4 is 61.6 Å².